The molecule has 0 spiro atoms. The molecule has 3 nitrogen and oxygen atoms in total. The van der Waals surface area contributed by atoms with Crippen molar-refractivity contribution in [3.05, 3.63) is 64.7 Å². The highest BCUT2D eigenvalue weighted by molar-refractivity contribution is 5.72. The SMILES string of the molecule is Cc1cccc(-c2nn(-c3cccc(C)c3C)c3c2CCCCN3)c1. The summed E-state index contributed by atoms with van der Waals surface area (Å²) >= 11 is 0. The molecule has 2 heterocycles. The molecular formula is C22H25N3. The summed E-state index contributed by atoms with van der Waals surface area (Å²) in [6.45, 7) is 7.50. The van der Waals surface area contributed by atoms with Crippen molar-refractivity contribution in [2.75, 3.05) is 11.9 Å². The first-order chi connectivity index (χ1) is 12.1. The summed E-state index contributed by atoms with van der Waals surface area (Å²) in [5.41, 5.74) is 8.71. The average molecular weight is 331 g/mol. The van der Waals surface area contributed by atoms with Crippen LogP contribution >= 0.6 is 0 Å². The number of aromatic nitrogens is 2. The normalized spacial score (nSPS) is 13.9. The van der Waals surface area contributed by atoms with E-state index in [1.807, 2.05) is 0 Å². The van der Waals surface area contributed by atoms with Gasteiger partial charge in [-0.15, -0.1) is 0 Å². The Morgan fingerprint density at radius 2 is 1.84 bits per heavy atom. The second-order valence-corrected chi connectivity index (χ2v) is 7.06. The molecule has 0 saturated heterocycles. The monoisotopic (exact) mass is 331 g/mol. The van der Waals surface area contributed by atoms with Crippen molar-refractivity contribution in [3.63, 3.8) is 0 Å². The van der Waals surface area contributed by atoms with Crippen molar-refractivity contribution in [2.24, 2.45) is 0 Å². The van der Waals surface area contributed by atoms with Crippen molar-refractivity contribution in [1.29, 1.82) is 0 Å². The topological polar surface area (TPSA) is 29.9 Å². The summed E-state index contributed by atoms with van der Waals surface area (Å²) in [6, 6.07) is 15.1. The molecule has 128 valence electrons. The fraction of sp³-hybridized carbons (Fsp3) is 0.318. The highest BCUT2D eigenvalue weighted by Crippen LogP contribution is 2.35. The molecular weight excluding hydrogens is 306 g/mol. The van der Waals surface area contributed by atoms with E-state index in [4.69, 9.17) is 5.10 Å². The Bertz CT molecular complexity index is 921. The third-order valence-corrected chi connectivity index (χ3v) is 5.23. The number of hydrogen-bond acceptors (Lipinski definition) is 2. The van der Waals surface area contributed by atoms with E-state index in [0.717, 1.165) is 18.7 Å². The van der Waals surface area contributed by atoms with Gasteiger partial charge in [0, 0.05) is 17.7 Å². The third-order valence-electron chi connectivity index (χ3n) is 5.23. The van der Waals surface area contributed by atoms with Crippen LogP contribution in [-0.4, -0.2) is 16.3 Å². The van der Waals surface area contributed by atoms with Gasteiger partial charge in [-0.3, -0.25) is 0 Å². The number of nitrogens with one attached hydrogen (secondary N) is 1. The summed E-state index contributed by atoms with van der Waals surface area (Å²) in [4.78, 5) is 0. The van der Waals surface area contributed by atoms with Crippen LogP contribution in [0.2, 0.25) is 0 Å². The maximum absolute atomic E-state index is 5.07. The zero-order chi connectivity index (χ0) is 17.4. The Morgan fingerprint density at radius 1 is 1.00 bits per heavy atom. The number of fused-ring (bicyclic) bond motifs is 1. The predicted molar refractivity (Wildman–Crippen MR) is 105 cm³/mol. The molecule has 0 atom stereocenters. The number of hydrogen-bond donors (Lipinski definition) is 1. The Balaban J connectivity index is 1.95. The molecule has 0 amide bonds. The summed E-state index contributed by atoms with van der Waals surface area (Å²) in [7, 11) is 0. The first-order valence-corrected chi connectivity index (χ1v) is 9.14. The minimum absolute atomic E-state index is 1.01. The lowest BCUT2D eigenvalue weighted by atomic mass is 10.0. The highest BCUT2D eigenvalue weighted by atomic mass is 15.3. The molecule has 4 rings (SSSR count). The second-order valence-electron chi connectivity index (χ2n) is 7.06. The molecule has 1 aliphatic rings. The predicted octanol–water partition coefficient (Wildman–Crippen LogP) is 5.21. The third kappa shape index (κ3) is 2.84. The van der Waals surface area contributed by atoms with Gasteiger partial charge < -0.3 is 5.32 Å². The Hall–Kier alpha value is -2.55. The van der Waals surface area contributed by atoms with Crippen LogP contribution in [0.25, 0.3) is 16.9 Å². The van der Waals surface area contributed by atoms with E-state index in [9.17, 15) is 0 Å². The lowest BCUT2D eigenvalue weighted by Gasteiger charge is -2.13. The Kier molecular flexibility index (Phi) is 4.08. The van der Waals surface area contributed by atoms with E-state index < -0.39 is 0 Å². The van der Waals surface area contributed by atoms with Crippen LogP contribution in [0.15, 0.2) is 42.5 Å². The highest BCUT2D eigenvalue weighted by Gasteiger charge is 2.22. The van der Waals surface area contributed by atoms with Gasteiger partial charge in [0.2, 0.25) is 0 Å². The molecule has 0 bridgehead atoms. The van der Waals surface area contributed by atoms with Crippen LogP contribution in [0, 0.1) is 20.8 Å². The molecule has 0 radical (unpaired) electrons. The van der Waals surface area contributed by atoms with E-state index in [1.165, 1.54) is 52.2 Å². The molecule has 25 heavy (non-hydrogen) atoms. The lowest BCUT2D eigenvalue weighted by Crippen LogP contribution is -2.08. The summed E-state index contributed by atoms with van der Waals surface area (Å²) in [6.07, 6.45) is 3.49. The van der Waals surface area contributed by atoms with Crippen LogP contribution in [0.1, 0.15) is 35.1 Å². The molecule has 2 aromatic carbocycles. The summed E-state index contributed by atoms with van der Waals surface area (Å²) < 4.78 is 2.13. The van der Waals surface area contributed by atoms with Gasteiger partial charge in [0.05, 0.1) is 11.4 Å². The second kappa shape index (κ2) is 6.40. The minimum atomic E-state index is 1.01. The minimum Gasteiger partial charge on any atom is -0.370 e. The molecule has 0 fully saturated rings. The maximum atomic E-state index is 5.07. The van der Waals surface area contributed by atoms with Crippen LogP contribution in [0.5, 0.6) is 0 Å². The smallest absolute Gasteiger partial charge is 0.133 e. The number of rotatable bonds is 2. The molecule has 1 N–H and O–H groups in total. The van der Waals surface area contributed by atoms with Gasteiger partial charge in [0.25, 0.3) is 0 Å². The van der Waals surface area contributed by atoms with Gasteiger partial charge in [0.1, 0.15) is 5.82 Å². The van der Waals surface area contributed by atoms with E-state index in [2.05, 4.69) is 73.2 Å². The molecule has 0 saturated carbocycles. The number of nitrogens with zero attached hydrogens (tertiary/aromatic N) is 2. The largest absolute Gasteiger partial charge is 0.370 e. The van der Waals surface area contributed by atoms with Crippen LogP contribution in [-0.2, 0) is 6.42 Å². The molecule has 0 unspecified atom stereocenters. The van der Waals surface area contributed by atoms with Crippen LogP contribution in [0.4, 0.5) is 5.82 Å². The van der Waals surface area contributed by atoms with Gasteiger partial charge in [-0.25, -0.2) is 4.68 Å². The number of anilines is 1. The lowest BCUT2D eigenvalue weighted by molar-refractivity contribution is 0.779. The fourth-order valence-corrected chi connectivity index (χ4v) is 3.67. The summed E-state index contributed by atoms with van der Waals surface area (Å²) in [5, 5.41) is 8.72. The van der Waals surface area contributed by atoms with E-state index >= 15 is 0 Å². The average Bonchev–Trinajstić information content (AvgIpc) is 2.79. The fourth-order valence-electron chi connectivity index (χ4n) is 3.67. The van der Waals surface area contributed by atoms with Crippen molar-refractivity contribution in [3.8, 4) is 16.9 Å². The van der Waals surface area contributed by atoms with Crippen molar-refractivity contribution >= 4 is 5.82 Å². The van der Waals surface area contributed by atoms with Crippen molar-refractivity contribution in [1.82, 2.24) is 9.78 Å². The summed E-state index contributed by atoms with van der Waals surface area (Å²) in [5.74, 6) is 1.17. The quantitative estimate of drug-likeness (QED) is 0.698. The van der Waals surface area contributed by atoms with Gasteiger partial charge in [-0.1, -0.05) is 35.9 Å². The zero-order valence-electron chi connectivity index (χ0n) is 15.3. The van der Waals surface area contributed by atoms with Gasteiger partial charge >= 0.3 is 0 Å². The zero-order valence-corrected chi connectivity index (χ0v) is 15.3. The molecule has 0 aliphatic carbocycles. The van der Waals surface area contributed by atoms with Gasteiger partial charge in [-0.05, 0) is 63.3 Å². The van der Waals surface area contributed by atoms with E-state index in [0.29, 0.717) is 0 Å². The van der Waals surface area contributed by atoms with Crippen molar-refractivity contribution in [2.45, 2.75) is 40.0 Å². The molecule has 1 aromatic heterocycles. The van der Waals surface area contributed by atoms with Crippen LogP contribution < -0.4 is 5.32 Å². The van der Waals surface area contributed by atoms with Gasteiger partial charge in [-0.2, -0.15) is 5.10 Å². The van der Waals surface area contributed by atoms with Gasteiger partial charge in [0.15, 0.2) is 0 Å². The van der Waals surface area contributed by atoms with E-state index in [-0.39, 0.29) is 0 Å². The van der Waals surface area contributed by atoms with E-state index in [1.54, 1.807) is 0 Å². The standard InChI is InChI=1S/C22H25N3/c1-15-8-6-10-18(14-15)21-19-11-4-5-13-23-22(19)25(24-21)20-12-7-9-16(2)17(20)3/h6-10,12,14,23H,4-5,11,13H2,1-3H3. The Labute approximate surface area is 149 Å². The first-order valence-electron chi connectivity index (χ1n) is 9.14. The molecule has 3 heteroatoms. The molecule has 3 aromatic rings. The Morgan fingerprint density at radius 3 is 2.68 bits per heavy atom. The first kappa shape index (κ1) is 15.9. The molecule has 1 aliphatic heterocycles. The maximum Gasteiger partial charge on any atom is 0.133 e. The number of aryl methyl sites for hydroxylation is 2. The van der Waals surface area contributed by atoms with Crippen LogP contribution in [0.3, 0.4) is 0 Å². The number of benzene rings is 2. The van der Waals surface area contributed by atoms with Crippen molar-refractivity contribution < 1.29 is 0 Å².